The van der Waals surface area contributed by atoms with Crippen LogP contribution in [0.4, 0.5) is 5.82 Å². The number of aromatic nitrogens is 2. The normalized spacial score (nSPS) is 10.0. The molecule has 0 aromatic carbocycles. The summed E-state index contributed by atoms with van der Waals surface area (Å²) < 4.78 is 7.38. The molecule has 0 atom stereocenters. The number of carbonyl (C=O) groups is 1. The quantitative estimate of drug-likeness (QED) is 0.552. The number of unbranched alkanes of at least 4 members (excludes halogenated alkanes) is 2. The molecule has 144 valence electrons. The van der Waals surface area contributed by atoms with Gasteiger partial charge in [-0.25, -0.2) is 4.79 Å². The average Bonchev–Trinajstić information content (AvgIpc) is 2.59. The predicted molar refractivity (Wildman–Crippen MR) is 101 cm³/mol. The van der Waals surface area contributed by atoms with Crippen molar-refractivity contribution in [3.8, 4) is 0 Å². The van der Waals surface area contributed by atoms with Gasteiger partial charge in [-0.1, -0.05) is 19.8 Å². The van der Waals surface area contributed by atoms with Crippen LogP contribution in [0.3, 0.4) is 0 Å². The molecule has 0 aliphatic rings. The van der Waals surface area contributed by atoms with E-state index in [0.717, 1.165) is 30.4 Å². The molecule has 0 saturated heterocycles. The summed E-state index contributed by atoms with van der Waals surface area (Å²) in [7, 11) is 5.03. The van der Waals surface area contributed by atoms with E-state index in [1.54, 1.807) is 14.0 Å². The van der Waals surface area contributed by atoms with Gasteiger partial charge in [-0.2, -0.15) is 0 Å². The first-order chi connectivity index (χ1) is 11.7. The Hall–Kier alpha value is -2.05. The summed E-state index contributed by atoms with van der Waals surface area (Å²) in [5, 5.41) is 0. The highest BCUT2D eigenvalue weighted by atomic mass is 16.5. The van der Waals surface area contributed by atoms with Gasteiger partial charge in [0, 0.05) is 34.1 Å². The topological polar surface area (TPSA) is 73.5 Å². The highest BCUT2D eigenvalue weighted by Gasteiger charge is 2.13. The zero-order chi connectivity index (χ0) is 19.6. The number of nitrogens with zero attached hydrogens (tertiary/aromatic N) is 3. The van der Waals surface area contributed by atoms with Gasteiger partial charge >= 0.3 is 11.7 Å². The number of carbonyl (C=O) groups excluding carboxylic acids is 1. The van der Waals surface area contributed by atoms with Crippen LogP contribution in [-0.2, 0) is 23.6 Å². The van der Waals surface area contributed by atoms with Gasteiger partial charge in [0.2, 0.25) is 0 Å². The van der Waals surface area contributed by atoms with Gasteiger partial charge < -0.3 is 9.64 Å². The second kappa shape index (κ2) is 11.5. The van der Waals surface area contributed by atoms with Crippen molar-refractivity contribution in [1.82, 2.24) is 9.13 Å². The largest absolute Gasteiger partial charge is 0.466 e. The lowest BCUT2D eigenvalue weighted by molar-refractivity contribution is -0.143. The molecule has 0 unspecified atom stereocenters. The molecule has 0 bridgehead atoms. The van der Waals surface area contributed by atoms with Crippen LogP contribution in [0, 0.1) is 6.92 Å². The second-order valence-corrected chi connectivity index (χ2v) is 5.93. The third-order valence-electron chi connectivity index (χ3n) is 3.98. The Kier molecular flexibility index (Phi) is 10.6. The SMILES string of the molecule is CCCCCC(=O)OCC.CCN(C)c1c(C)c(=O)n(C)c(=O)n1C. The van der Waals surface area contributed by atoms with Crippen molar-refractivity contribution in [1.29, 1.82) is 0 Å². The molecule has 0 spiro atoms. The van der Waals surface area contributed by atoms with Crippen LogP contribution in [0.2, 0.25) is 0 Å². The van der Waals surface area contributed by atoms with Crippen molar-refractivity contribution < 1.29 is 9.53 Å². The Balaban J connectivity index is 0.000000504. The van der Waals surface area contributed by atoms with Gasteiger partial charge in [-0.15, -0.1) is 0 Å². The highest BCUT2D eigenvalue weighted by Crippen LogP contribution is 2.11. The minimum absolute atomic E-state index is 0.0593. The Bertz CT molecular complexity index is 624. The zero-order valence-electron chi connectivity index (χ0n) is 16.7. The van der Waals surface area contributed by atoms with Crippen molar-refractivity contribution >= 4 is 11.8 Å². The van der Waals surface area contributed by atoms with Gasteiger partial charge in [0.05, 0.1) is 12.2 Å². The van der Waals surface area contributed by atoms with E-state index in [1.807, 2.05) is 25.8 Å². The van der Waals surface area contributed by atoms with Crippen LogP contribution in [0.5, 0.6) is 0 Å². The summed E-state index contributed by atoms with van der Waals surface area (Å²) in [5.41, 5.74) is 0.0817. The van der Waals surface area contributed by atoms with Crippen LogP contribution >= 0.6 is 0 Å². The van der Waals surface area contributed by atoms with Gasteiger partial charge in [-0.05, 0) is 27.2 Å². The molecule has 0 aliphatic heterocycles. The molecule has 0 aliphatic carbocycles. The second-order valence-electron chi connectivity index (χ2n) is 5.93. The first-order valence-corrected chi connectivity index (χ1v) is 8.86. The lowest BCUT2D eigenvalue weighted by Crippen LogP contribution is -2.41. The number of hydrogen-bond donors (Lipinski definition) is 0. The van der Waals surface area contributed by atoms with Crippen molar-refractivity contribution in [3.05, 3.63) is 26.4 Å². The molecule has 7 heteroatoms. The fourth-order valence-electron chi connectivity index (χ4n) is 2.45. The van der Waals surface area contributed by atoms with Crippen LogP contribution < -0.4 is 16.1 Å². The number of rotatable bonds is 7. The first-order valence-electron chi connectivity index (χ1n) is 8.86. The van der Waals surface area contributed by atoms with Crippen LogP contribution in [0.1, 0.15) is 52.0 Å². The van der Waals surface area contributed by atoms with E-state index in [2.05, 4.69) is 6.92 Å². The van der Waals surface area contributed by atoms with E-state index in [-0.39, 0.29) is 17.2 Å². The molecule has 0 saturated carbocycles. The van der Waals surface area contributed by atoms with E-state index in [9.17, 15) is 14.4 Å². The van der Waals surface area contributed by atoms with Crippen molar-refractivity contribution in [3.63, 3.8) is 0 Å². The maximum atomic E-state index is 11.7. The molecule has 0 amide bonds. The molecule has 1 heterocycles. The van der Waals surface area contributed by atoms with E-state index in [0.29, 0.717) is 24.4 Å². The van der Waals surface area contributed by atoms with Crippen LogP contribution in [-0.4, -0.2) is 35.3 Å². The number of anilines is 1. The lowest BCUT2D eigenvalue weighted by atomic mass is 10.2. The molecular weight excluding hydrogens is 322 g/mol. The Labute approximate surface area is 150 Å². The molecule has 0 fully saturated rings. The minimum atomic E-state index is -0.291. The van der Waals surface area contributed by atoms with Gasteiger partial charge in [0.1, 0.15) is 5.82 Å². The first kappa shape index (κ1) is 22.9. The maximum Gasteiger partial charge on any atom is 0.332 e. The molecule has 7 nitrogen and oxygen atoms in total. The van der Waals surface area contributed by atoms with Gasteiger partial charge in [0.25, 0.3) is 5.56 Å². The van der Waals surface area contributed by atoms with Crippen LogP contribution in [0.15, 0.2) is 9.59 Å². The summed E-state index contributed by atoms with van der Waals surface area (Å²) >= 11 is 0. The fraction of sp³-hybridized carbons (Fsp3) is 0.722. The fourth-order valence-corrected chi connectivity index (χ4v) is 2.45. The summed E-state index contributed by atoms with van der Waals surface area (Å²) in [6.07, 6.45) is 3.83. The standard InChI is InChI=1S/C10H17N3O2.C8H16O2/c1-6-11(3)8-7(2)9(14)13(5)10(15)12(8)4;1-3-5-6-7-8(9)10-4-2/h6H2,1-5H3;3-7H2,1-2H3. The third kappa shape index (κ3) is 6.76. The molecule has 0 N–H and O–H groups in total. The maximum absolute atomic E-state index is 11.7. The number of ether oxygens (including phenoxy) is 1. The highest BCUT2D eigenvalue weighted by molar-refractivity contribution is 5.69. The number of esters is 1. The van der Waals surface area contributed by atoms with E-state index < -0.39 is 0 Å². The average molecular weight is 355 g/mol. The summed E-state index contributed by atoms with van der Waals surface area (Å²) in [6.45, 7) is 8.92. The molecule has 1 aromatic heterocycles. The van der Waals surface area contributed by atoms with Crippen molar-refractivity contribution in [2.75, 3.05) is 25.1 Å². The number of hydrogen-bond acceptors (Lipinski definition) is 5. The monoisotopic (exact) mass is 355 g/mol. The Morgan fingerprint density at radius 1 is 1.08 bits per heavy atom. The van der Waals surface area contributed by atoms with Gasteiger partial charge in [-0.3, -0.25) is 18.7 Å². The van der Waals surface area contributed by atoms with E-state index in [1.165, 1.54) is 11.6 Å². The smallest absolute Gasteiger partial charge is 0.332 e. The van der Waals surface area contributed by atoms with Crippen molar-refractivity contribution in [2.24, 2.45) is 14.1 Å². The molecule has 1 rings (SSSR count). The third-order valence-corrected chi connectivity index (χ3v) is 3.98. The minimum Gasteiger partial charge on any atom is -0.466 e. The molecule has 0 radical (unpaired) electrons. The van der Waals surface area contributed by atoms with Crippen LogP contribution in [0.25, 0.3) is 0 Å². The molecule has 25 heavy (non-hydrogen) atoms. The summed E-state index contributed by atoms with van der Waals surface area (Å²) in [5.74, 6) is 0.626. The Morgan fingerprint density at radius 2 is 1.68 bits per heavy atom. The predicted octanol–water partition coefficient (Wildman–Crippen LogP) is 1.98. The lowest BCUT2D eigenvalue weighted by Gasteiger charge is -2.22. The zero-order valence-corrected chi connectivity index (χ0v) is 16.7. The van der Waals surface area contributed by atoms with Gasteiger partial charge in [0.15, 0.2) is 0 Å². The molecule has 1 aromatic rings. The summed E-state index contributed by atoms with van der Waals surface area (Å²) in [4.78, 5) is 36.0. The van der Waals surface area contributed by atoms with E-state index in [4.69, 9.17) is 4.74 Å². The van der Waals surface area contributed by atoms with E-state index >= 15 is 0 Å². The Morgan fingerprint density at radius 3 is 2.16 bits per heavy atom. The van der Waals surface area contributed by atoms with Crippen molar-refractivity contribution in [2.45, 2.75) is 53.4 Å². The summed E-state index contributed by atoms with van der Waals surface area (Å²) in [6, 6.07) is 0. The molecular formula is C18H33N3O4.